The van der Waals surface area contributed by atoms with Gasteiger partial charge in [0.25, 0.3) is 0 Å². The van der Waals surface area contributed by atoms with Crippen LogP contribution in [0.15, 0.2) is 24.3 Å². The van der Waals surface area contributed by atoms with Crippen LogP contribution < -0.4 is 4.74 Å². The molecular weight excluding hydrogens is 186 g/mol. The predicted octanol–water partition coefficient (Wildman–Crippen LogP) is 3.22. The number of nitrogens with one attached hydrogen (secondary N) is 1. The Bertz CT molecular complexity index is 422. The molecule has 0 aliphatic carbocycles. The Morgan fingerprint density at radius 2 is 2.23 bits per heavy atom. The van der Waals surface area contributed by atoms with E-state index >= 15 is 0 Å². The topological polar surface area (TPSA) is 25.0 Å². The minimum absolute atomic E-state index is 0.667. The fraction of sp³-hybridized carbons (Fsp3) is 0.200. The summed E-state index contributed by atoms with van der Waals surface area (Å²) < 4.78 is 5.33. The summed E-state index contributed by atoms with van der Waals surface area (Å²) in [4.78, 5) is 3.14. The second kappa shape index (κ2) is 3.30. The number of fused-ring (bicyclic) bond motifs is 1. The lowest BCUT2D eigenvalue weighted by Crippen LogP contribution is -1.89. The molecule has 0 atom stereocenters. The van der Waals surface area contributed by atoms with Gasteiger partial charge in [0.2, 0.25) is 0 Å². The van der Waals surface area contributed by atoms with Crippen molar-refractivity contribution in [1.29, 1.82) is 0 Å². The molecule has 1 aromatic heterocycles. The van der Waals surface area contributed by atoms with Crippen LogP contribution in [0.2, 0.25) is 5.02 Å². The Hall–Kier alpha value is -1.15. The number of hydrogen-bond donors (Lipinski definition) is 1. The first-order chi connectivity index (χ1) is 6.29. The number of H-pyrrole nitrogens is 1. The van der Waals surface area contributed by atoms with E-state index in [0.29, 0.717) is 6.61 Å². The Balaban J connectivity index is 2.49. The van der Waals surface area contributed by atoms with Crippen molar-refractivity contribution in [2.45, 2.75) is 6.92 Å². The van der Waals surface area contributed by atoms with Crippen molar-refractivity contribution in [2.75, 3.05) is 6.61 Å². The van der Waals surface area contributed by atoms with E-state index in [-0.39, 0.29) is 0 Å². The number of ether oxygens (including phenoxy) is 1. The van der Waals surface area contributed by atoms with Crippen LogP contribution in [0.4, 0.5) is 0 Å². The molecule has 1 aromatic carbocycles. The Labute approximate surface area is 81.5 Å². The molecule has 0 saturated carbocycles. The van der Waals surface area contributed by atoms with Crippen LogP contribution in [-0.4, -0.2) is 11.6 Å². The third-order valence-corrected chi connectivity index (χ3v) is 2.09. The van der Waals surface area contributed by atoms with Gasteiger partial charge in [-0.3, -0.25) is 0 Å². The monoisotopic (exact) mass is 195 g/mol. The van der Waals surface area contributed by atoms with Crippen molar-refractivity contribution in [1.82, 2.24) is 4.98 Å². The number of halogens is 1. The molecule has 1 heterocycles. The van der Waals surface area contributed by atoms with Gasteiger partial charge in [-0.15, -0.1) is 0 Å². The zero-order chi connectivity index (χ0) is 9.26. The molecule has 2 aromatic rings. The summed E-state index contributed by atoms with van der Waals surface area (Å²) in [7, 11) is 0. The quantitative estimate of drug-likeness (QED) is 0.782. The third kappa shape index (κ3) is 1.63. The summed E-state index contributed by atoms with van der Waals surface area (Å²) in [5.74, 6) is 0.791. The van der Waals surface area contributed by atoms with E-state index < -0.39 is 0 Å². The van der Waals surface area contributed by atoms with Crippen molar-refractivity contribution >= 4 is 22.5 Å². The second-order valence-electron chi connectivity index (χ2n) is 2.80. The first-order valence-corrected chi connectivity index (χ1v) is 4.58. The van der Waals surface area contributed by atoms with Crippen molar-refractivity contribution < 1.29 is 4.74 Å². The Morgan fingerprint density at radius 3 is 3.00 bits per heavy atom. The maximum Gasteiger partial charge on any atom is 0.191 e. The Kier molecular flexibility index (Phi) is 2.15. The highest BCUT2D eigenvalue weighted by atomic mass is 35.5. The van der Waals surface area contributed by atoms with Gasteiger partial charge in [-0.2, -0.15) is 0 Å². The zero-order valence-corrected chi connectivity index (χ0v) is 8.06. The normalized spacial score (nSPS) is 10.6. The maximum absolute atomic E-state index is 5.85. The lowest BCUT2D eigenvalue weighted by Gasteiger charge is -1.95. The lowest BCUT2D eigenvalue weighted by molar-refractivity contribution is 0.329. The molecule has 0 fully saturated rings. The molecular formula is C10H10ClNO. The maximum atomic E-state index is 5.85. The van der Waals surface area contributed by atoms with Crippen LogP contribution in [0.3, 0.4) is 0 Å². The zero-order valence-electron chi connectivity index (χ0n) is 7.30. The van der Waals surface area contributed by atoms with Gasteiger partial charge in [0.1, 0.15) is 0 Å². The van der Waals surface area contributed by atoms with E-state index in [1.807, 2.05) is 31.2 Å². The first-order valence-electron chi connectivity index (χ1n) is 4.20. The van der Waals surface area contributed by atoms with Gasteiger partial charge in [-0.1, -0.05) is 11.6 Å². The predicted molar refractivity (Wildman–Crippen MR) is 54.5 cm³/mol. The molecule has 0 amide bonds. The van der Waals surface area contributed by atoms with E-state index in [2.05, 4.69) is 4.98 Å². The molecule has 3 heteroatoms. The molecule has 1 N–H and O–H groups in total. The van der Waals surface area contributed by atoms with E-state index in [0.717, 1.165) is 21.8 Å². The Morgan fingerprint density at radius 1 is 1.38 bits per heavy atom. The van der Waals surface area contributed by atoms with Gasteiger partial charge >= 0.3 is 0 Å². The molecule has 68 valence electrons. The highest BCUT2D eigenvalue weighted by Crippen LogP contribution is 2.23. The van der Waals surface area contributed by atoms with Gasteiger partial charge in [-0.25, -0.2) is 0 Å². The van der Waals surface area contributed by atoms with Crippen LogP contribution in [0.25, 0.3) is 10.9 Å². The van der Waals surface area contributed by atoms with Gasteiger partial charge in [0.15, 0.2) is 5.88 Å². The fourth-order valence-electron chi connectivity index (χ4n) is 1.31. The average molecular weight is 196 g/mol. The van der Waals surface area contributed by atoms with Crippen molar-refractivity contribution in [2.24, 2.45) is 0 Å². The highest BCUT2D eigenvalue weighted by Gasteiger charge is 2.00. The van der Waals surface area contributed by atoms with Crippen molar-refractivity contribution in [3.8, 4) is 5.88 Å². The van der Waals surface area contributed by atoms with Crippen LogP contribution >= 0.6 is 11.6 Å². The number of rotatable bonds is 2. The minimum Gasteiger partial charge on any atom is -0.479 e. The van der Waals surface area contributed by atoms with E-state index in [4.69, 9.17) is 16.3 Å². The van der Waals surface area contributed by atoms with Gasteiger partial charge in [-0.05, 0) is 25.1 Å². The minimum atomic E-state index is 0.667. The fourth-order valence-corrected chi connectivity index (χ4v) is 1.49. The smallest absolute Gasteiger partial charge is 0.191 e. The van der Waals surface area contributed by atoms with E-state index in [9.17, 15) is 0 Å². The molecule has 0 aliphatic rings. The largest absolute Gasteiger partial charge is 0.479 e. The van der Waals surface area contributed by atoms with Crippen molar-refractivity contribution in [3.63, 3.8) is 0 Å². The molecule has 0 aliphatic heterocycles. The SMILES string of the molecule is CCOc1cc2cc(Cl)ccc2[nH]1. The van der Waals surface area contributed by atoms with Crippen LogP contribution in [-0.2, 0) is 0 Å². The highest BCUT2D eigenvalue weighted by molar-refractivity contribution is 6.31. The summed E-state index contributed by atoms with van der Waals surface area (Å²) in [6.07, 6.45) is 0. The second-order valence-corrected chi connectivity index (χ2v) is 3.23. The van der Waals surface area contributed by atoms with Gasteiger partial charge in [0.05, 0.1) is 6.61 Å². The van der Waals surface area contributed by atoms with E-state index in [1.54, 1.807) is 0 Å². The average Bonchev–Trinajstić information content (AvgIpc) is 2.46. The molecule has 0 radical (unpaired) electrons. The van der Waals surface area contributed by atoms with E-state index in [1.165, 1.54) is 0 Å². The lowest BCUT2D eigenvalue weighted by atomic mass is 10.2. The number of aromatic amines is 1. The molecule has 0 unspecified atom stereocenters. The molecule has 0 bridgehead atoms. The summed E-state index contributed by atoms with van der Waals surface area (Å²) in [6, 6.07) is 7.66. The molecule has 0 spiro atoms. The number of benzene rings is 1. The van der Waals surface area contributed by atoms with Gasteiger partial charge in [0, 0.05) is 22.0 Å². The number of hydrogen-bond acceptors (Lipinski definition) is 1. The number of aromatic nitrogens is 1. The van der Waals surface area contributed by atoms with Gasteiger partial charge < -0.3 is 9.72 Å². The standard InChI is InChI=1S/C10H10ClNO/c1-2-13-10-6-7-5-8(11)3-4-9(7)12-10/h3-6,12H,2H2,1H3. The molecule has 2 rings (SSSR count). The first kappa shape index (κ1) is 8.45. The molecule has 2 nitrogen and oxygen atoms in total. The summed E-state index contributed by atoms with van der Waals surface area (Å²) >= 11 is 5.85. The molecule has 13 heavy (non-hydrogen) atoms. The third-order valence-electron chi connectivity index (χ3n) is 1.86. The molecule has 0 saturated heterocycles. The summed E-state index contributed by atoms with van der Waals surface area (Å²) in [6.45, 7) is 2.62. The summed E-state index contributed by atoms with van der Waals surface area (Å²) in [5.41, 5.74) is 1.05. The van der Waals surface area contributed by atoms with Crippen LogP contribution in [0, 0.1) is 0 Å². The van der Waals surface area contributed by atoms with Crippen molar-refractivity contribution in [3.05, 3.63) is 29.3 Å². The summed E-state index contributed by atoms with van der Waals surface area (Å²) in [5, 5.41) is 1.82. The van der Waals surface area contributed by atoms with Crippen LogP contribution in [0.1, 0.15) is 6.92 Å². The van der Waals surface area contributed by atoms with Crippen LogP contribution in [0.5, 0.6) is 5.88 Å².